The Kier molecular flexibility index (Phi) is 9.21. The number of nitro benzene ring substituents is 2. The van der Waals surface area contributed by atoms with Gasteiger partial charge in [-0.15, -0.1) is 0 Å². The number of hydrogen-bond acceptors (Lipinski definition) is 8. The lowest BCUT2D eigenvalue weighted by Crippen LogP contribution is -2.19. The van der Waals surface area contributed by atoms with Crippen LogP contribution in [0.25, 0.3) is 12.2 Å². The molecular weight excluding hydrogens is 568 g/mol. The van der Waals surface area contributed by atoms with Gasteiger partial charge in [0.2, 0.25) is 0 Å². The minimum atomic E-state index is -4.29. The van der Waals surface area contributed by atoms with Crippen molar-refractivity contribution in [3.05, 3.63) is 163 Å². The first-order valence-electron chi connectivity index (χ1n) is 12.7. The molecule has 2 atom stereocenters. The van der Waals surface area contributed by atoms with Crippen molar-refractivity contribution in [3.63, 3.8) is 0 Å². The molecule has 212 valence electrons. The topological polar surface area (TPSA) is 168 Å². The molecule has 0 fully saturated rings. The number of rotatable bonds is 10. The molecule has 4 rings (SSSR count). The smallest absolute Gasteiger partial charge is 0.258 e. The Bertz CT molecular complexity index is 1790. The summed E-state index contributed by atoms with van der Waals surface area (Å²) in [6.45, 7) is 0. The molecule has 0 aliphatic heterocycles. The molecule has 0 amide bonds. The molecule has 0 aliphatic carbocycles. The fourth-order valence-electron chi connectivity index (χ4n) is 4.44. The van der Waals surface area contributed by atoms with Crippen LogP contribution in [0.2, 0.25) is 0 Å². The average Bonchev–Trinajstić information content (AvgIpc) is 3.02. The molecular formula is C32H22N4O6S. The normalized spacial score (nSPS) is 12.8. The summed E-state index contributed by atoms with van der Waals surface area (Å²) < 4.78 is 29.0. The van der Waals surface area contributed by atoms with Crippen molar-refractivity contribution in [2.24, 2.45) is 0 Å². The summed E-state index contributed by atoms with van der Waals surface area (Å²) in [6, 6.07) is 27.6. The van der Waals surface area contributed by atoms with Gasteiger partial charge >= 0.3 is 0 Å². The highest BCUT2D eigenvalue weighted by molar-refractivity contribution is 7.92. The standard InChI is InChI=1S/C32H22N4O6S/c33-21-23-9-13-27(14-10-23)31(19-17-25-5-1-3-7-29(25)35(37)38)43(41,42)32(28-15-11-24(22-34)12-16-28)20-18-26-6-2-4-8-30(26)36(39)40/h1-20,31-32H/b19-17+,20-18+. The van der Waals surface area contributed by atoms with Gasteiger partial charge in [-0.25, -0.2) is 8.42 Å². The van der Waals surface area contributed by atoms with Crippen molar-refractivity contribution in [1.82, 2.24) is 0 Å². The number of nitro groups is 2. The minimum Gasteiger partial charge on any atom is -0.258 e. The Balaban J connectivity index is 1.91. The Morgan fingerprint density at radius 3 is 1.28 bits per heavy atom. The SMILES string of the molecule is N#Cc1ccc(C(/C=C/c2ccccc2[N+](=O)[O-])S(=O)(=O)C(/C=C/c2ccccc2[N+](=O)[O-])c2ccc(C#N)cc2)cc1. The van der Waals surface area contributed by atoms with Gasteiger partial charge in [-0.05, 0) is 47.5 Å². The lowest BCUT2D eigenvalue weighted by Gasteiger charge is -2.22. The van der Waals surface area contributed by atoms with Crippen LogP contribution in [0.5, 0.6) is 0 Å². The van der Waals surface area contributed by atoms with Crippen LogP contribution in [-0.2, 0) is 9.84 Å². The van der Waals surface area contributed by atoms with Crippen LogP contribution in [0.3, 0.4) is 0 Å². The lowest BCUT2D eigenvalue weighted by atomic mass is 10.1. The van der Waals surface area contributed by atoms with Crippen molar-refractivity contribution in [2.75, 3.05) is 0 Å². The van der Waals surface area contributed by atoms with Crippen molar-refractivity contribution < 1.29 is 18.3 Å². The van der Waals surface area contributed by atoms with E-state index in [9.17, 15) is 39.2 Å². The van der Waals surface area contributed by atoms with E-state index in [4.69, 9.17) is 0 Å². The van der Waals surface area contributed by atoms with Crippen LogP contribution in [0.1, 0.15) is 43.9 Å². The lowest BCUT2D eigenvalue weighted by molar-refractivity contribution is -0.385. The Morgan fingerprint density at radius 2 is 0.953 bits per heavy atom. The molecule has 4 aromatic carbocycles. The molecule has 10 nitrogen and oxygen atoms in total. The van der Waals surface area contributed by atoms with E-state index in [1.54, 1.807) is 12.1 Å². The van der Waals surface area contributed by atoms with Crippen LogP contribution in [0, 0.1) is 42.9 Å². The van der Waals surface area contributed by atoms with E-state index in [0.29, 0.717) is 22.3 Å². The fourth-order valence-corrected chi connectivity index (χ4v) is 6.43. The molecule has 0 bridgehead atoms. The molecule has 0 spiro atoms. The summed E-state index contributed by atoms with van der Waals surface area (Å²) in [6.07, 6.45) is 5.41. The van der Waals surface area contributed by atoms with Crippen molar-refractivity contribution in [1.29, 1.82) is 10.5 Å². The van der Waals surface area contributed by atoms with Gasteiger partial charge in [0.05, 0.1) is 44.2 Å². The first-order valence-corrected chi connectivity index (χ1v) is 14.3. The summed E-state index contributed by atoms with van der Waals surface area (Å²) in [5.74, 6) is 0. The van der Waals surface area contributed by atoms with Gasteiger partial charge < -0.3 is 0 Å². The van der Waals surface area contributed by atoms with Crippen molar-refractivity contribution >= 4 is 33.4 Å². The number of nitriles is 2. The molecule has 11 heteroatoms. The molecule has 0 saturated carbocycles. The van der Waals surface area contributed by atoms with Gasteiger partial charge in [0.1, 0.15) is 10.5 Å². The number of sulfone groups is 1. The maximum atomic E-state index is 14.5. The second-order valence-electron chi connectivity index (χ2n) is 9.25. The Labute approximate surface area is 247 Å². The van der Waals surface area contributed by atoms with Crippen LogP contribution >= 0.6 is 0 Å². The molecule has 43 heavy (non-hydrogen) atoms. The largest absolute Gasteiger partial charge is 0.276 e. The van der Waals surface area contributed by atoms with Crippen LogP contribution in [-0.4, -0.2) is 18.3 Å². The number of nitrogens with zero attached hydrogens (tertiary/aromatic N) is 4. The second-order valence-corrected chi connectivity index (χ2v) is 11.4. The molecule has 0 radical (unpaired) electrons. The van der Waals surface area contributed by atoms with Crippen LogP contribution in [0.15, 0.2) is 109 Å². The van der Waals surface area contributed by atoms with E-state index in [2.05, 4.69) is 0 Å². The van der Waals surface area contributed by atoms with Gasteiger partial charge in [0, 0.05) is 12.1 Å². The third-order valence-corrected chi connectivity index (χ3v) is 8.89. The number of para-hydroxylation sites is 2. The van der Waals surface area contributed by atoms with Gasteiger partial charge in [0.15, 0.2) is 9.84 Å². The number of hydrogen-bond donors (Lipinski definition) is 0. The maximum absolute atomic E-state index is 14.5. The monoisotopic (exact) mass is 590 g/mol. The van der Waals surface area contributed by atoms with Gasteiger partial charge in [-0.3, -0.25) is 20.2 Å². The van der Waals surface area contributed by atoms with Crippen molar-refractivity contribution in [3.8, 4) is 12.1 Å². The van der Waals surface area contributed by atoms with E-state index in [1.165, 1.54) is 109 Å². The molecule has 0 heterocycles. The Hall–Kier alpha value is -5.91. The second kappa shape index (κ2) is 13.2. The first-order chi connectivity index (χ1) is 20.6. The van der Waals surface area contributed by atoms with E-state index in [-0.39, 0.29) is 22.5 Å². The molecule has 0 aromatic heterocycles. The molecule has 2 unspecified atom stereocenters. The van der Waals surface area contributed by atoms with E-state index in [0.717, 1.165) is 0 Å². The van der Waals surface area contributed by atoms with E-state index >= 15 is 0 Å². The third-order valence-electron chi connectivity index (χ3n) is 6.61. The van der Waals surface area contributed by atoms with Crippen LogP contribution in [0.4, 0.5) is 11.4 Å². The van der Waals surface area contributed by atoms with Gasteiger partial charge in [-0.2, -0.15) is 10.5 Å². The van der Waals surface area contributed by atoms with Gasteiger partial charge in [-0.1, -0.05) is 72.8 Å². The van der Waals surface area contributed by atoms with Crippen molar-refractivity contribution in [2.45, 2.75) is 10.5 Å². The molecule has 0 aliphatic rings. The molecule has 4 aromatic rings. The fraction of sp³-hybridized carbons (Fsp3) is 0.0625. The summed E-state index contributed by atoms with van der Waals surface area (Å²) in [7, 11) is -4.29. The predicted molar refractivity (Wildman–Crippen MR) is 161 cm³/mol. The third kappa shape index (κ3) is 6.88. The van der Waals surface area contributed by atoms with Crippen LogP contribution < -0.4 is 0 Å². The zero-order valence-electron chi connectivity index (χ0n) is 22.3. The Morgan fingerprint density at radius 1 is 0.605 bits per heavy atom. The average molecular weight is 591 g/mol. The summed E-state index contributed by atoms with van der Waals surface area (Å²) in [5.41, 5.74) is 1.16. The quantitative estimate of drug-likeness (QED) is 0.142. The molecule has 0 saturated heterocycles. The maximum Gasteiger partial charge on any atom is 0.276 e. The molecule has 0 N–H and O–H groups in total. The first kappa shape index (κ1) is 30.1. The summed E-state index contributed by atoms with van der Waals surface area (Å²) in [5, 5.41) is 39.0. The highest BCUT2D eigenvalue weighted by atomic mass is 32.2. The zero-order valence-corrected chi connectivity index (χ0v) is 23.2. The summed E-state index contributed by atoms with van der Waals surface area (Å²) in [4.78, 5) is 22.0. The van der Waals surface area contributed by atoms with E-state index < -0.39 is 30.2 Å². The predicted octanol–water partition coefficient (Wildman–Crippen LogP) is 6.87. The minimum absolute atomic E-state index is 0.187. The number of benzene rings is 4. The van der Waals surface area contributed by atoms with E-state index in [1.807, 2.05) is 12.1 Å². The van der Waals surface area contributed by atoms with Gasteiger partial charge in [0.25, 0.3) is 11.4 Å². The highest BCUT2D eigenvalue weighted by Crippen LogP contribution is 2.38. The highest BCUT2D eigenvalue weighted by Gasteiger charge is 2.34. The summed E-state index contributed by atoms with van der Waals surface area (Å²) >= 11 is 0. The zero-order chi connectivity index (χ0) is 31.0.